The van der Waals surface area contributed by atoms with E-state index in [1.807, 2.05) is 0 Å². The first kappa shape index (κ1) is 20.4. The van der Waals surface area contributed by atoms with E-state index in [4.69, 9.17) is 4.74 Å². The van der Waals surface area contributed by atoms with Crippen LogP contribution in [0.3, 0.4) is 0 Å². The van der Waals surface area contributed by atoms with E-state index in [2.05, 4.69) is 5.32 Å². The van der Waals surface area contributed by atoms with Gasteiger partial charge in [0.1, 0.15) is 5.82 Å². The lowest BCUT2D eigenvalue weighted by Crippen LogP contribution is -2.30. The molecule has 0 fully saturated rings. The van der Waals surface area contributed by atoms with Crippen LogP contribution in [0.4, 0.5) is 18.9 Å². The number of benzene rings is 2. The Morgan fingerprint density at radius 3 is 2.07 bits per heavy atom. The fraction of sp³-hybridized carbons (Fsp3) is 0.176. The highest BCUT2D eigenvalue weighted by Crippen LogP contribution is 2.19. The standard InChI is InChI=1S/C17H14F3NO5S/c1-10(15(22)21-13-6-4-12(18)5-7-13)26-16(23)11-2-8-14(9-3-11)27(24,25)17(19)20/h2-10,17H,1H3,(H,21,22)/t10-/m1/s1. The molecule has 0 aliphatic heterocycles. The van der Waals surface area contributed by atoms with Crippen LogP contribution in [0.25, 0.3) is 0 Å². The molecule has 2 aromatic carbocycles. The monoisotopic (exact) mass is 401 g/mol. The third-order valence-electron chi connectivity index (χ3n) is 3.42. The molecule has 0 spiro atoms. The average Bonchev–Trinajstić information content (AvgIpc) is 2.63. The van der Waals surface area contributed by atoms with Gasteiger partial charge in [0, 0.05) is 5.69 Å². The fourth-order valence-electron chi connectivity index (χ4n) is 1.94. The van der Waals surface area contributed by atoms with Crippen molar-refractivity contribution < 1.29 is 35.9 Å². The van der Waals surface area contributed by atoms with Crippen LogP contribution in [0, 0.1) is 5.82 Å². The normalized spacial score (nSPS) is 12.5. The van der Waals surface area contributed by atoms with Crippen molar-refractivity contribution in [3.63, 3.8) is 0 Å². The Hall–Kier alpha value is -2.88. The number of sulfone groups is 1. The summed E-state index contributed by atoms with van der Waals surface area (Å²) in [6.07, 6.45) is -1.22. The van der Waals surface area contributed by atoms with E-state index in [-0.39, 0.29) is 5.56 Å². The molecule has 0 unspecified atom stereocenters. The molecule has 1 atom stereocenters. The predicted molar refractivity (Wildman–Crippen MR) is 89.5 cm³/mol. The lowest BCUT2D eigenvalue weighted by Gasteiger charge is -2.13. The highest BCUT2D eigenvalue weighted by Gasteiger charge is 2.27. The summed E-state index contributed by atoms with van der Waals surface area (Å²) < 4.78 is 65.4. The molecule has 27 heavy (non-hydrogen) atoms. The van der Waals surface area contributed by atoms with Crippen LogP contribution in [0.5, 0.6) is 0 Å². The molecule has 0 aliphatic carbocycles. The molecular formula is C17H14F3NO5S. The second-order valence-electron chi connectivity index (χ2n) is 5.37. The van der Waals surface area contributed by atoms with E-state index in [9.17, 15) is 31.2 Å². The van der Waals surface area contributed by atoms with Gasteiger partial charge >= 0.3 is 11.7 Å². The minimum atomic E-state index is -4.77. The molecule has 0 bridgehead atoms. The van der Waals surface area contributed by atoms with Crippen molar-refractivity contribution in [2.75, 3.05) is 5.32 Å². The van der Waals surface area contributed by atoms with Crippen molar-refractivity contribution in [2.24, 2.45) is 0 Å². The van der Waals surface area contributed by atoms with Crippen molar-refractivity contribution >= 4 is 27.4 Å². The maximum absolute atomic E-state index is 12.8. The van der Waals surface area contributed by atoms with Crippen LogP contribution >= 0.6 is 0 Å². The van der Waals surface area contributed by atoms with Gasteiger partial charge in [-0.05, 0) is 55.5 Å². The van der Waals surface area contributed by atoms with Crippen molar-refractivity contribution in [1.82, 2.24) is 0 Å². The van der Waals surface area contributed by atoms with Gasteiger partial charge in [-0.2, -0.15) is 8.78 Å². The largest absolute Gasteiger partial charge is 0.449 e. The second-order valence-corrected chi connectivity index (χ2v) is 7.29. The molecule has 6 nitrogen and oxygen atoms in total. The van der Waals surface area contributed by atoms with E-state index >= 15 is 0 Å². The van der Waals surface area contributed by atoms with Gasteiger partial charge in [-0.15, -0.1) is 0 Å². The van der Waals surface area contributed by atoms with Gasteiger partial charge in [-0.1, -0.05) is 0 Å². The Labute approximate surface area is 152 Å². The van der Waals surface area contributed by atoms with Gasteiger partial charge in [-0.3, -0.25) is 4.79 Å². The average molecular weight is 401 g/mol. The van der Waals surface area contributed by atoms with Crippen LogP contribution in [0.1, 0.15) is 17.3 Å². The molecular weight excluding hydrogens is 387 g/mol. The van der Waals surface area contributed by atoms with Crippen molar-refractivity contribution in [1.29, 1.82) is 0 Å². The smallest absolute Gasteiger partial charge is 0.341 e. The van der Waals surface area contributed by atoms with Crippen LogP contribution in [0.2, 0.25) is 0 Å². The molecule has 10 heteroatoms. The summed E-state index contributed by atoms with van der Waals surface area (Å²) in [4.78, 5) is 23.3. The van der Waals surface area contributed by atoms with Gasteiger partial charge in [0.2, 0.25) is 9.84 Å². The highest BCUT2D eigenvalue weighted by molar-refractivity contribution is 7.91. The number of alkyl halides is 2. The van der Waals surface area contributed by atoms with Gasteiger partial charge in [0.15, 0.2) is 6.10 Å². The summed E-state index contributed by atoms with van der Waals surface area (Å²) in [6, 6.07) is 8.63. The maximum Gasteiger partial charge on any atom is 0.341 e. The lowest BCUT2D eigenvalue weighted by molar-refractivity contribution is -0.123. The van der Waals surface area contributed by atoms with E-state index < -0.39 is 44.3 Å². The molecule has 0 saturated heterocycles. The third-order valence-corrected chi connectivity index (χ3v) is 4.82. The molecule has 0 aromatic heterocycles. The van der Waals surface area contributed by atoms with Gasteiger partial charge in [0.05, 0.1) is 10.5 Å². The number of hydrogen-bond acceptors (Lipinski definition) is 5. The zero-order valence-corrected chi connectivity index (χ0v) is 14.7. The fourth-order valence-corrected chi connectivity index (χ4v) is 2.66. The van der Waals surface area contributed by atoms with E-state index in [1.54, 1.807) is 0 Å². The number of esters is 1. The van der Waals surface area contributed by atoms with Crippen LogP contribution in [0.15, 0.2) is 53.4 Å². The summed E-state index contributed by atoms with van der Waals surface area (Å²) in [5.74, 6) is -5.68. The molecule has 144 valence electrons. The number of carbonyl (C=O) groups excluding carboxylic acids is 2. The first-order chi connectivity index (χ1) is 12.6. The lowest BCUT2D eigenvalue weighted by atomic mass is 10.2. The van der Waals surface area contributed by atoms with Crippen LogP contribution < -0.4 is 5.32 Å². The van der Waals surface area contributed by atoms with E-state index in [0.717, 1.165) is 36.4 Å². The van der Waals surface area contributed by atoms with Crippen molar-refractivity contribution in [3.8, 4) is 0 Å². The number of nitrogens with one attached hydrogen (secondary N) is 1. The molecule has 0 aliphatic rings. The second kappa shape index (κ2) is 8.21. The zero-order chi connectivity index (χ0) is 20.2. The molecule has 1 N–H and O–H groups in total. The van der Waals surface area contributed by atoms with Crippen molar-refractivity contribution in [3.05, 3.63) is 59.9 Å². The Balaban J connectivity index is 2.01. The van der Waals surface area contributed by atoms with Gasteiger partial charge < -0.3 is 10.1 Å². The number of carbonyl (C=O) groups is 2. The number of halogens is 3. The molecule has 2 rings (SSSR count). The quantitative estimate of drug-likeness (QED) is 0.752. The zero-order valence-electron chi connectivity index (χ0n) is 13.9. The number of anilines is 1. The maximum atomic E-state index is 12.8. The Bertz CT molecular complexity index is 928. The Kier molecular flexibility index (Phi) is 6.21. The topological polar surface area (TPSA) is 89.5 Å². The molecule has 0 heterocycles. The first-order valence-corrected chi connectivity index (χ1v) is 9.05. The highest BCUT2D eigenvalue weighted by atomic mass is 32.2. The summed E-state index contributed by atoms with van der Waals surface area (Å²) in [6.45, 7) is 1.30. The summed E-state index contributed by atoms with van der Waals surface area (Å²) in [7, 11) is -4.77. The number of ether oxygens (including phenoxy) is 1. The van der Waals surface area contributed by atoms with Crippen LogP contribution in [-0.4, -0.2) is 32.2 Å². The number of amides is 1. The number of rotatable bonds is 6. The summed E-state index contributed by atoms with van der Waals surface area (Å²) in [5, 5.41) is 2.42. The van der Waals surface area contributed by atoms with E-state index in [0.29, 0.717) is 5.69 Å². The summed E-state index contributed by atoms with van der Waals surface area (Å²) in [5.41, 5.74) is 0.176. The Morgan fingerprint density at radius 2 is 1.56 bits per heavy atom. The first-order valence-electron chi connectivity index (χ1n) is 7.51. The van der Waals surface area contributed by atoms with Gasteiger partial charge in [0.25, 0.3) is 5.91 Å². The predicted octanol–water partition coefficient (Wildman–Crippen LogP) is 3.01. The van der Waals surface area contributed by atoms with Crippen LogP contribution in [-0.2, 0) is 19.4 Å². The van der Waals surface area contributed by atoms with E-state index in [1.165, 1.54) is 19.1 Å². The molecule has 1 amide bonds. The van der Waals surface area contributed by atoms with Crippen molar-refractivity contribution in [2.45, 2.75) is 23.7 Å². The molecule has 0 saturated carbocycles. The molecule has 0 radical (unpaired) electrons. The third kappa shape index (κ3) is 5.07. The summed E-state index contributed by atoms with van der Waals surface area (Å²) >= 11 is 0. The van der Waals surface area contributed by atoms with Gasteiger partial charge in [-0.25, -0.2) is 17.6 Å². The SMILES string of the molecule is C[C@@H](OC(=O)c1ccc(S(=O)(=O)C(F)F)cc1)C(=O)Nc1ccc(F)cc1. The minimum absolute atomic E-state index is 0.121. The number of hydrogen-bond donors (Lipinski definition) is 1. The molecule has 2 aromatic rings. The minimum Gasteiger partial charge on any atom is -0.449 e. The Morgan fingerprint density at radius 1 is 1.00 bits per heavy atom.